The van der Waals surface area contributed by atoms with Gasteiger partial charge in [-0.2, -0.15) is 0 Å². The number of nitrogens with one attached hydrogen (secondary N) is 1. The van der Waals surface area contributed by atoms with E-state index < -0.39 is 17.3 Å². The van der Waals surface area contributed by atoms with Crippen LogP contribution in [0.3, 0.4) is 0 Å². The van der Waals surface area contributed by atoms with Crippen molar-refractivity contribution in [3.05, 3.63) is 88.0 Å². The molecule has 2 aromatic carbocycles. The number of anilines is 1. The molecule has 9 nitrogen and oxygen atoms in total. The van der Waals surface area contributed by atoms with E-state index in [9.17, 15) is 14.4 Å². The van der Waals surface area contributed by atoms with Crippen LogP contribution in [0.15, 0.2) is 74.4 Å². The van der Waals surface area contributed by atoms with Crippen LogP contribution in [0.25, 0.3) is 0 Å². The molecular weight excluding hydrogens is 502 g/mol. The van der Waals surface area contributed by atoms with Crippen molar-refractivity contribution < 1.29 is 23.5 Å². The number of hydrogen-bond acceptors (Lipinski definition) is 10. The molecule has 0 radical (unpaired) electrons. The molecule has 3 heterocycles. The highest BCUT2D eigenvalue weighted by molar-refractivity contribution is 8.00. The maximum Gasteiger partial charge on any atom is 0.323 e. The van der Waals surface area contributed by atoms with Crippen LogP contribution in [0, 0.1) is 0 Å². The molecule has 0 atom stereocenters. The van der Waals surface area contributed by atoms with E-state index in [1.54, 1.807) is 31.2 Å². The molecule has 11 heteroatoms. The third-order valence-corrected chi connectivity index (χ3v) is 7.28. The molecule has 0 unspecified atom stereocenters. The highest BCUT2D eigenvalue weighted by Crippen LogP contribution is 2.44. The lowest BCUT2D eigenvalue weighted by Gasteiger charge is -2.26. The van der Waals surface area contributed by atoms with Crippen LogP contribution in [-0.2, 0) is 15.3 Å². The summed E-state index contributed by atoms with van der Waals surface area (Å²) in [4.78, 5) is 37.4. The summed E-state index contributed by atoms with van der Waals surface area (Å²) in [7, 11) is 0. The summed E-state index contributed by atoms with van der Waals surface area (Å²) in [6.07, 6.45) is 1.48. The second-order valence-corrected chi connectivity index (χ2v) is 9.87. The van der Waals surface area contributed by atoms with Crippen molar-refractivity contribution in [2.24, 2.45) is 0 Å². The van der Waals surface area contributed by atoms with Crippen molar-refractivity contribution in [3.63, 3.8) is 0 Å². The Hall–Kier alpha value is -3.96. The quantitative estimate of drug-likeness (QED) is 0.204. The Kier molecular flexibility index (Phi) is 6.83. The molecule has 0 saturated heterocycles. The van der Waals surface area contributed by atoms with Crippen molar-refractivity contribution >= 4 is 40.1 Å². The molecular formula is C25H19N3O6S2. The zero-order valence-electron chi connectivity index (χ0n) is 18.9. The summed E-state index contributed by atoms with van der Waals surface area (Å²) in [6.45, 7) is 1.75. The van der Waals surface area contributed by atoms with Crippen LogP contribution in [0.1, 0.15) is 36.1 Å². The molecule has 0 spiro atoms. The second kappa shape index (κ2) is 10.3. The minimum atomic E-state index is -0.749. The zero-order chi connectivity index (χ0) is 25.1. The number of nitrogens with zero attached hydrogens (tertiary/aromatic N) is 2. The highest BCUT2D eigenvalue weighted by Gasteiger charge is 2.34. The Balaban J connectivity index is 1.29. The largest absolute Gasteiger partial charge is 0.464 e. The van der Waals surface area contributed by atoms with Crippen LogP contribution in [-0.4, -0.2) is 22.1 Å². The van der Waals surface area contributed by atoms with Crippen LogP contribution in [0.2, 0.25) is 0 Å². The van der Waals surface area contributed by atoms with Gasteiger partial charge in [0.1, 0.15) is 29.4 Å². The van der Waals surface area contributed by atoms with Gasteiger partial charge in [-0.1, -0.05) is 66.4 Å². The first-order chi connectivity index (χ1) is 17.5. The van der Waals surface area contributed by atoms with E-state index in [-0.39, 0.29) is 11.7 Å². The van der Waals surface area contributed by atoms with Gasteiger partial charge < -0.3 is 19.2 Å². The first-order valence-electron chi connectivity index (χ1n) is 11.0. The maximum absolute atomic E-state index is 13.2. The van der Waals surface area contributed by atoms with Crippen LogP contribution < -0.4 is 20.2 Å². The van der Waals surface area contributed by atoms with E-state index >= 15 is 0 Å². The van der Waals surface area contributed by atoms with Gasteiger partial charge in [0.05, 0.1) is 5.75 Å². The van der Waals surface area contributed by atoms with Crippen molar-refractivity contribution in [1.29, 1.82) is 0 Å². The van der Waals surface area contributed by atoms with Crippen molar-refractivity contribution in [2.75, 3.05) is 5.32 Å². The Morgan fingerprint density at radius 3 is 2.44 bits per heavy atom. The monoisotopic (exact) mass is 521 g/mol. The molecule has 5 rings (SSSR count). The first-order valence-corrected chi connectivity index (χ1v) is 12.8. The van der Waals surface area contributed by atoms with Gasteiger partial charge in [0, 0.05) is 23.6 Å². The molecule has 0 fully saturated rings. The van der Waals surface area contributed by atoms with Crippen LogP contribution in [0.5, 0.6) is 17.2 Å². The number of esters is 1. The third kappa shape index (κ3) is 5.02. The first kappa shape index (κ1) is 23.8. The van der Waals surface area contributed by atoms with E-state index in [1.807, 2.05) is 24.3 Å². The average molecular weight is 522 g/mol. The summed E-state index contributed by atoms with van der Waals surface area (Å²) in [5.41, 5.74) is 0.835. The Bertz CT molecular complexity index is 1450. The minimum absolute atomic E-state index is 0.147. The summed E-state index contributed by atoms with van der Waals surface area (Å²) in [5.74, 6) is 0.103. The van der Waals surface area contributed by atoms with Gasteiger partial charge in [0.15, 0.2) is 4.34 Å². The summed E-state index contributed by atoms with van der Waals surface area (Å²) < 4.78 is 17.6. The van der Waals surface area contributed by atoms with E-state index in [1.165, 1.54) is 29.2 Å². The van der Waals surface area contributed by atoms with Gasteiger partial charge in [-0.15, -0.1) is 10.2 Å². The van der Waals surface area contributed by atoms with Gasteiger partial charge in [-0.25, -0.2) is 0 Å². The molecule has 1 amide bonds. The van der Waals surface area contributed by atoms with Crippen molar-refractivity contribution in [3.8, 4) is 17.2 Å². The second-order valence-electron chi connectivity index (χ2n) is 7.67. The summed E-state index contributed by atoms with van der Waals surface area (Å²) in [5, 5.41) is 11.0. The number of benzene rings is 2. The molecule has 1 N–H and O–H groups in total. The fourth-order valence-electron chi connectivity index (χ4n) is 3.58. The van der Waals surface area contributed by atoms with E-state index in [2.05, 4.69) is 15.5 Å². The lowest BCUT2D eigenvalue weighted by atomic mass is 9.88. The van der Waals surface area contributed by atoms with Crippen molar-refractivity contribution in [2.45, 2.75) is 29.4 Å². The number of amides is 1. The lowest BCUT2D eigenvalue weighted by Crippen LogP contribution is -2.25. The van der Waals surface area contributed by atoms with Gasteiger partial charge in [-0.3, -0.25) is 14.4 Å². The minimum Gasteiger partial charge on any atom is -0.464 e. The fraction of sp³-hybridized carbons (Fsp3) is 0.160. The molecule has 1 aliphatic heterocycles. The van der Waals surface area contributed by atoms with Gasteiger partial charge in [0.2, 0.25) is 22.2 Å². The molecule has 1 aliphatic rings. The number of hydrogen-bond donors (Lipinski definition) is 1. The predicted octanol–water partition coefficient (Wildman–Crippen LogP) is 4.98. The third-order valence-electron chi connectivity index (χ3n) is 5.29. The smallest absolute Gasteiger partial charge is 0.323 e. The van der Waals surface area contributed by atoms with Crippen LogP contribution >= 0.6 is 23.1 Å². The average Bonchev–Trinajstić information content (AvgIpc) is 3.34. The molecule has 4 aromatic rings. The van der Waals surface area contributed by atoms with Crippen LogP contribution in [0.4, 0.5) is 5.13 Å². The molecule has 0 bridgehead atoms. The number of aromatic nitrogens is 2. The Morgan fingerprint density at radius 1 is 1.08 bits per heavy atom. The summed E-state index contributed by atoms with van der Waals surface area (Å²) in [6, 6.07) is 15.7. The van der Waals surface area contributed by atoms with E-state index in [0.29, 0.717) is 50.0 Å². The number of fused-ring (bicyclic) bond motifs is 2. The fourth-order valence-corrected chi connectivity index (χ4v) is 5.24. The van der Waals surface area contributed by atoms with E-state index in [4.69, 9.17) is 13.9 Å². The molecule has 0 saturated carbocycles. The standard InChI is InChI=1S/C25H19N3O6S2/c1-2-21(30)26-24-27-28-25(36-24)35-13-14-11-17(29)20(12-32-14)34-23(31)22-15-7-3-5-9-18(15)33-19-10-6-4-8-16(19)22/h3-12,22H,2,13H2,1H3,(H,26,27,30). The number of ether oxygens (including phenoxy) is 2. The SMILES string of the molecule is CCC(=O)Nc1nnc(SCc2cc(=O)c(OC(=O)C3c4ccccc4Oc4ccccc43)co2)s1. The van der Waals surface area contributed by atoms with E-state index in [0.717, 1.165) is 6.26 Å². The Morgan fingerprint density at radius 2 is 1.78 bits per heavy atom. The molecule has 2 aromatic heterocycles. The predicted molar refractivity (Wildman–Crippen MR) is 134 cm³/mol. The normalized spacial score (nSPS) is 12.2. The number of carbonyl (C=O) groups excluding carboxylic acids is 2. The topological polar surface area (TPSA) is 121 Å². The number of para-hydroxylation sites is 2. The molecule has 0 aliphatic carbocycles. The molecule has 36 heavy (non-hydrogen) atoms. The highest BCUT2D eigenvalue weighted by atomic mass is 32.2. The number of carbonyl (C=O) groups is 2. The van der Waals surface area contributed by atoms with Gasteiger partial charge in [-0.05, 0) is 12.1 Å². The summed E-state index contributed by atoms with van der Waals surface area (Å²) >= 11 is 2.53. The Labute approximate surface area is 213 Å². The lowest BCUT2D eigenvalue weighted by molar-refractivity contribution is -0.135. The van der Waals surface area contributed by atoms with Crippen molar-refractivity contribution in [1.82, 2.24) is 10.2 Å². The zero-order valence-corrected chi connectivity index (χ0v) is 20.6. The molecule has 182 valence electrons. The number of thioether (sulfide) groups is 1. The van der Waals surface area contributed by atoms with Gasteiger partial charge >= 0.3 is 5.97 Å². The maximum atomic E-state index is 13.2. The number of rotatable bonds is 7. The van der Waals surface area contributed by atoms with Gasteiger partial charge in [0.25, 0.3) is 0 Å².